The molecule has 0 aromatic carbocycles. The van der Waals surface area contributed by atoms with Gasteiger partial charge < -0.3 is 10.2 Å². The number of hydrogen-bond donors (Lipinski definition) is 2. The molecule has 0 amide bonds. The van der Waals surface area contributed by atoms with Crippen molar-refractivity contribution in [2.45, 2.75) is 18.9 Å². The van der Waals surface area contributed by atoms with Crippen LogP contribution in [0.15, 0.2) is 23.4 Å². The van der Waals surface area contributed by atoms with Gasteiger partial charge in [-0.1, -0.05) is 11.6 Å². The van der Waals surface area contributed by atoms with Gasteiger partial charge in [-0.05, 0) is 6.42 Å². The van der Waals surface area contributed by atoms with Crippen LogP contribution in [0.3, 0.4) is 0 Å². The fraction of sp³-hybridized carbons (Fsp3) is 0.385. The summed E-state index contributed by atoms with van der Waals surface area (Å²) in [6, 6.07) is 0.0164. The van der Waals surface area contributed by atoms with E-state index in [1.807, 2.05) is 4.90 Å². The molecule has 7 nitrogen and oxygen atoms in total. The Morgan fingerprint density at radius 1 is 1.35 bits per heavy atom. The quantitative estimate of drug-likeness (QED) is 0.881. The van der Waals surface area contributed by atoms with Gasteiger partial charge in [0.1, 0.15) is 5.02 Å². The Balaban J connectivity index is 1.66. The third-order valence-corrected chi connectivity index (χ3v) is 3.93. The molecule has 3 rings (SSSR count). The van der Waals surface area contributed by atoms with Crippen LogP contribution in [0.2, 0.25) is 5.02 Å². The van der Waals surface area contributed by atoms with Crippen molar-refractivity contribution in [2.75, 3.05) is 23.3 Å². The smallest absolute Gasteiger partial charge is 0.285 e. The van der Waals surface area contributed by atoms with E-state index in [9.17, 15) is 13.6 Å². The predicted octanol–water partition coefficient (Wildman–Crippen LogP) is 1.84. The maximum absolute atomic E-state index is 12.5. The molecule has 1 fully saturated rings. The Hall–Kier alpha value is -2.29. The Kier molecular flexibility index (Phi) is 4.37. The molecule has 1 aliphatic rings. The van der Waals surface area contributed by atoms with Crippen molar-refractivity contribution in [1.82, 2.24) is 20.2 Å². The van der Waals surface area contributed by atoms with E-state index in [1.54, 1.807) is 0 Å². The van der Waals surface area contributed by atoms with Gasteiger partial charge in [0, 0.05) is 31.5 Å². The van der Waals surface area contributed by atoms with E-state index in [4.69, 9.17) is 11.6 Å². The van der Waals surface area contributed by atoms with Gasteiger partial charge >= 0.3 is 0 Å². The Morgan fingerprint density at radius 3 is 2.78 bits per heavy atom. The lowest BCUT2D eigenvalue weighted by atomic mass is 10.3. The lowest BCUT2D eigenvalue weighted by molar-refractivity contribution is 0.150. The van der Waals surface area contributed by atoms with Crippen LogP contribution in [0.4, 0.5) is 20.4 Å². The van der Waals surface area contributed by atoms with Crippen LogP contribution in [0.25, 0.3) is 0 Å². The fourth-order valence-electron chi connectivity index (χ4n) is 2.40. The summed E-state index contributed by atoms with van der Waals surface area (Å²) >= 11 is 5.99. The Morgan fingerprint density at radius 2 is 2.09 bits per heavy atom. The van der Waals surface area contributed by atoms with E-state index in [0.717, 1.165) is 18.8 Å². The summed E-state index contributed by atoms with van der Waals surface area (Å²) in [5, 5.41) is 9.19. The molecular weight excluding hydrogens is 330 g/mol. The van der Waals surface area contributed by atoms with Gasteiger partial charge in [0.25, 0.3) is 12.0 Å². The molecule has 1 unspecified atom stereocenters. The molecule has 1 saturated heterocycles. The normalized spacial score (nSPS) is 17.7. The Labute approximate surface area is 134 Å². The van der Waals surface area contributed by atoms with E-state index >= 15 is 0 Å². The third-order valence-electron chi connectivity index (χ3n) is 3.56. The number of halogens is 3. The molecule has 122 valence electrons. The fourth-order valence-corrected chi connectivity index (χ4v) is 2.61. The summed E-state index contributed by atoms with van der Waals surface area (Å²) in [5.74, 6) is 0.288. The number of rotatable bonds is 4. The third kappa shape index (κ3) is 3.39. The highest BCUT2D eigenvalue weighted by Crippen LogP contribution is 2.25. The number of anilines is 2. The van der Waals surface area contributed by atoms with Crippen LogP contribution in [-0.2, 0) is 0 Å². The van der Waals surface area contributed by atoms with Crippen molar-refractivity contribution < 1.29 is 8.78 Å². The van der Waals surface area contributed by atoms with E-state index in [1.165, 1.54) is 6.20 Å². The molecule has 2 N–H and O–H groups in total. The zero-order valence-corrected chi connectivity index (χ0v) is 12.6. The molecule has 0 bridgehead atoms. The van der Waals surface area contributed by atoms with Crippen molar-refractivity contribution in [3.8, 4) is 0 Å². The zero-order chi connectivity index (χ0) is 16.4. The highest BCUT2D eigenvalue weighted by Gasteiger charge is 2.25. The van der Waals surface area contributed by atoms with Crippen molar-refractivity contribution in [2.24, 2.45) is 0 Å². The molecule has 2 aromatic rings. The lowest BCUT2D eigenvalue weighted by Crippen LogP contribution is -2.28. The van der Waals surface area contributed by atoms with Crippen LogP contribution < -0.4 is 15.8 Å². The maximum atomic E-state index is 12.5. The number of nitrogens with zero attached hydrogens (tertiary/aromatic N) is 4. The summed E-state index contributed by atoms with van der Waals surface area (Å²) in [5.41, 5.74) is -0.0925. The summed E-state index contributed by atoms with van der Waals surface area (Å²) in [6.45, 7) is 1.25. The summed E-state index contributed by atoms with van der Waals surface area (Å²) in [6.07, 6.45) is 1.88. The molecule has 0 radical (unpaired) electrons. The van der Waals surface area contributed by atoms with E-state index < -0.39 is 12.0 Å². The standard InChI is InChI=1S/C13H13ClF2N6O/c14-10-9(5-19-21-12(10)23)22-2-1-8(6-22)20-13-17-3-7(4-18-13)11(15)16/h3-5,8,11H,1-2,6H2,(H,21,23)(H,17,18,20). The summed E-state index contributed by atoms with van der Waals surface area (Å²) < 4.78 is 24.9. The average molecular weight is 343 g/mol. The lowest BCUT2D eigenvalue weighted by Gasteiger charge is -2.19. The van der Waals surface area contributed by atoms with Gasteiger partial charge in [0.2, 0.25) is 5.95 Å². The number of aromatic nitrogens is 4. The Bertz CT molecular complexity index is 738. The molecule has 23 heavy (non-hydrogen) atoms. The second-order valence-corrected chi connectivity index (χ2v) is 5.49. The van der Waals surface area contributed by atoms with Gasteiger partial charge in [-0.25, -0.2) is 23.8 Å². The van der Waals surface area contributed by atoms with E-state index in [2.05, 4.69) is 25.5 Å². The highest BCUT2D eigenvalue weighted by molar-refractivity contribution is 6.33. The number of hydrogen-bond acceptors (Lipinski definition) is 6. The van der Waals surface area contributed by atoms with Crippen LogP contribution in [0.5, 0.6) is 0 Å². The molecule has 1 aliphatic heterocycles. The first-order valence-electron chi connectivity index (χ1n) is 6.89. The molecule has 10 heteroatoms. The van der Waals surface area contributed by atoms with Crippen LogP contribution in [0.1, 0.15) is 18.4 Å². The molecule has 1 atom stereocenters. The first-order chi connectivity index (χ1) is 11.0. The number of alkyl halides is 2. The van der Waals surface area contributed by atoms with Crippen molar-refractivity contribution in [1.29, 1.82) is 0 Å². The number of nitrogens with one attached hydrogen (secondary N) is 2. The van der Waals surface area contributed by atoms with Gasteiger partial charge in [-0.3, -0.25) is 4.79 Å². The number of aromatic amines is 1. The van der Waals surface area contributed by atoms with E-state index in [0.29, 0.717) is 18.8 Å². The molecule has 0 spiro atoms. The SMILES string of the molecule is O=c1[nH]ncc(N2CCC(Nc3ncc(C(F)F)cn3)C2)c1Cl. The van der Waals surface area contributed by atoms with Crippen LogP contribution in [-0.4, -0.2) is 39.3 Å². The minimum atomic E-state index is -2.59. The monoisotopic (exact) mass is 342 g/mol. The zero-order valence-electron chi connectivity index (χ0n) is 11.8. The van der Waals surface area contributed by atoms with E-state index in [-0.39, 0.29) is 22.6 Å². The van der Waals surface area contributed by atoms with Gasteiger partial charge in [0.05, 0.1) is 17.4 Å². The molecule has 0 aliphatic carbocycles. The first-order valence-corrected chi connectivity index (χ1v) is 7.27. The second kappa shape index (κ2) is 6.45. The number of H-pyrrole nitrogens is 1. The maximum Gasteiger partial charge on any atom is 0.285 e. The van der Waals surface area contributed by atoms with Gasteiger partial charge in [0.15, 0.2) is 0 Å². The predicted molar refractivity (Wildman–Crippen MR) is 81.1 cm³/mol. The first kappa shape index (κ1) is 15.6. The molecular formula is C13H13ClF2N6O. The van der Waals surface area contributed by atoms with Crippen molar-refractivity contribution in [3.05, 3.63) is 39.5 Å². The van der Waals surface area contributed by atoms with Gasteiger partial charge in [-0.15, -0.1) is 0 Å². The van der Waals surface area contributed by atoms with Crippen molar-refractivity contribution in [3.63, 3.8) is 0 Å². The largest absolute Gasteiger partial charge is 0.367 e. The minimum Gasteiger partial charge on any atom is -0.367 e. The summed E-state index contributed by atoms with van der Waals surface area (Å²) in [4.78, 5) is 21.2. The van der Waals surface area contributed by atoms with Crippen LogP contribution >= 0.6 is 11.6 Å². The summed E-state index contributed by atoms with van der Waals surface area (Å²) in [7, 11) is 0. The molecule has 0 saturated carbocycles. The molecule has 2 aromatic heterocycles. The second-order valence-electron chi connectivity index (χ2n) is 5.12. The van der Waals surface area contributed by atoms with Crippen molar-refractivity contribution >= 4 is 23.2 Å². The molecule has 3 heterocycles. The minimum absolute atomic E-state index is 0.0164. The highest BCUT2D eigenvalue weighted by atomic mass is 35.5. The average Bonchev–Trinajstić information content (AvgIpc) is 2.99. The topological polar surface area (TPSA) is 86.8 Å². The van der Waals surface area contributed by atoms with Gasteiger partial charge in [-0.2, -0.15) is 5.10 Å². The van der Waals surface area contributed by atoms with Crippen LogP contribution in [0, 0.1) is 0 Å².